The first-order valence-corrected chi connectivity index (χ1v) is 4.24. The molecular weight excluding hydrogens is 192 g/mol. The van der Waals surface area contributed by atoms with Crippen LogP contribution in [0.25, 0.3) is 10.4 Å². The van der Waals surface area contributed by atoms with Crippen LogP contribution in [0, 0.1) is 0 Å². The maximum absolute atomic E-state index is 9.19. The van der Waals surface area contributed by atoms with Gasteiger partial charge < -0.3 is 10.0 Å². The zero-order chi connectivity index (χ0) is 8.81. The molecule has 0 aromatic carbocycles. The van der Waals surface area contributed by atoms with Crippen LogP contribution in [0.4, 0.5) is 0 Å². The number of piperidine rings is 1. The highest BCUT2D eigenvalue weighted by molar-refractivity contribution is 5.85. The lowest BCUT2D eigenvalue weighted by Gasteiger charge is -2.28. The minimum Gasteiger partial charge on any atom is -0.393 e. The van der Waals surface area contributed by atoms with Crippen LogP contribution in [0.2, 0.25) is 0 Å². The quantitative estimate of drug-likeness (QED) is 0.428. The molecule has 6 heteroatoms. The summed E-state index contributed by atoms with van der Waals surface area (Å²) in [4.78, 5) is 4.89. The van der Waals surface area contributed by atoms with Gasteiger partial charge in [-0.1, -0.05) is 5.11 Å². The van der Waals surface area contributed by atoms with Crippen LogP contribution >= 0.6 is 12.4 Å². The zero-order valence-electron chi connectivity index (χ0n) is 7.46. The second-order valence-electron chi connectivity index (χ2n) is 3.03. The number of aliphatic hydroxyl groups is 1. The molecule has 0 bridgehead atoms. The van der Waals surface area contributed by atoms with Crippen LogP contribution in [0.15, 0.2) is 5.11 Å². The van der Waals surface area contributed by atoms with Gasteiger partial charge in [-0.3, -0.25) is 0 Å². The van der Waals surface area contributed by atoms with Gasteiger partial charge in [-0.25, -0.2) is 0 Å². The largest absolute Gasteiger partial charge is 0.393 e. The summed E-state index contributed by atoms with van der Waals surface area (Å²) in [7, 11) is 0. The van der Waals surface area contributed by atoms with E-state index in [1.807, 2.05) is 0 Å². The van der Waals surface area contributed by atoms with Crippen molar-refractivity contribution in [2.45, 2.75) is 18.9 Å². The van der Waals surface area contributed by atoms with E-state index in [0.29, 0.717) is 6.54 Å². The third-order valence-electron chi connectivity index (χ3n) is 2.14. The first kappa shape index (κ1) is 12.5. The van der Waals surface area contributed by atoms with Crippen LogP contribution in [-0.2, 0) is 0 Å². The fourth-order valence-electron chi connectivity index (χ4n) is 1.37. The summed E-state index contributed by atoms with van der Waals surface area (Å²) in [6.07, 6.45) is 1.56. The van der Waals surface area contributed by atoms with Crippen LogP contribution in [-0.4, -0.2) is 42.3 Å². The number of aliphatic hydroxyl groups excluding tert-OH is 1. The van der Waals surface area contributed by atoms with E-state index in [4.69, 9.17) is 5.53 Å². The van der Waals surface area contributed by atoms with Crippen molar-refractivity contribution < 1.29 is 5.11 Å². The Hall–Kier alpha value is -0.480. The predicted octanol–water partition coefficient (Wildman–Crippen LogP) is 1.18. The van der Waals surface area contributed by atoms with Gasteiger partial charge in [-0.15, -0.1) is 12.4 Å². The lowest BCUT2D eigenvalue weighted by molar-refractivity contribution is 0.0841. The first-order chi connectivity index (χ1) is 5.83. The minimum atomic E-state index is -0.124. The molecule has 0 saturated carbocycles. The molecule has 0 unspecified atom stereocenters. The Morgan fingerprint density at radius 2 is 2.08 bits per heavy atom. The number of hydrogen-bond donors (Lipinski definition) is 1. The van der Waals surface area contributed by atoms with Gasteiger partial charge in [-0.2, -0.15) is 0 Å². The van der Waals surface area contributed by atoms with Crippen LogP contribution in [0.5, 0.6) is 0 Å². The Labute approximate surface area is 83.8 Å². The SMILES string of the molecule is Cl.[N-]=[N+]=NCCN1CCC(O)CC1. The fourth-order valence-corrected chi connectivity index (χ4v) is 1.37. The van der Waals surface area contributed by atoms with Crippen LogP contribution < -0.4 is 0 Å². The summed E-state index contributed by atoms with van der Waals surface area (Å²) in [5.41, 5.74) is 8.04. The van der Waals surface area contributed by atoms with E-state index in [0.717, 1.165) is 32.5 Å². The number of likely N-dealkylation sites (tertiary alicyclic amines) is 1. The van der Waals surface area contributed by atoms with Gasteiger partial charge in [0.1, 0.15) is 0 Å². The van der Waals surface area contributed by atoms with E-state index in [9.17, 15) is 5.11 Å². The maximum Gasteiger partial charge on any atom is 0.0564 e. The summed E-state index contributed by atoms with van der Waals surface area (Å²) < 4.78 is 0. The summed E-state index contributed by atoms with van der Waals surface area (Å²) >= 11 is 0. The Bertz CT molecular complexity index is 175. The molecule has 0 amide bonds. The second kappa shape index (κ2) is 6.97. The summed E-state index contributed by atoms with van der Waals surface area (Å²) in [6, 6.07) is 0. The number of azide groups is 1. The molecule has 1 aliphatic rings. The second-order valence-corrected chi connectivity index (χ2v) is 3.03. The molecule has 0 spiro atoms. The van der Waals surface area contributed by atoms with Crippen LogP contribution in [0.3, 0.4) is 0 Å². The highest BCUT2D eigenvalue weighted by atomic mass is 35.5. The Morgan fingerprint density at radius 1 is 1.46 bits per heavy atom. The van der Waals surface area contributed by atoms with Crippen molar-refractivity contribution in [1.29, 1.82) is 0 Å². The fraction of sp³-hybridized carbons (Fsp3) is 1.00. The normalized spacial score (nSPS) is 18.8. The molecule has 76 valence electrons. The van der Waals surface area contributed by atoms with Gasteiger partial charge in [0.15, 0.2) is 0 Å². The molecule has 1 N–H and O–H groups in total. The molecule has 13 heavy (non-hydrogen) atoms. The molecule has 1 rings (SSSR count). The van der Waals surface area contributed by atoms with E-state index in [1.165, 1.54) is 0 Å². The van der Waals surface area contributed by atoms with Gasteiger partial charge in [0.25, 0.3) is 0 Å². The molecule has 1 fully saturated rings. The van der Waals surface area contributed by atoms with Gasteiger partial charge >= 0.3 is 0 Å². The molecule has 1 saturated heterocycles. The Balaban J connectivity index is 0.00000144. The van der Waals surface area contributed by atoms with Gasteiger partial charge in [-0.05, 0) is 18.4 Å². The molecule has 0 radical (unpaired) electrons. The summed E-state index contributed by atoms with van der Waals surface area (Å²) in [5, 5.41) is 12.7. The first-order valence-electron chi connectivity index (χ1n) is 4.24. The van der Waals surface area contributed by atoms with E-state index < -0.39 is 0 Å². The molecule has 1 heterocycles. The molecule has 0 aliphatic carbocycles. The summed E-state index contributed by atoms with van der Waals surface area (Å²) in [5.74, 6) is 0. The predicted molar refractivity (Wildman–Crippen MR) is 52.9 cm³/mol. The third-order valence-corrected chi connectivity index (χ3v) is 2.14. The van der Waals surface area contributed by atoms with Gasteiger partial charge in [0.05, 0.1) is 6.10 Å². The Morgan fingerprint density at radius 3 is 2.62 bits per heavy atom. The van der Waals surface area contributed by atoms with Crippen molar-refractivity contribution in [2.75, 3.05) is 26.2 Å². The molecular formula is C7H15ClN4O. The van der Waals surface area contributed by atoms with Crippen molar-refractivity contribution >= 4 is 12.4 Å². The topological polar surface area (TPSA) is 72.2 Å². The van der Waals surface area contributed by atoms with Crippen molar-refractivity contribution in [3.8, 4) is 0 Å². The van der Waals surface area contributed by atoms with Crippen molar-refractivity contribution in [1.82, 2.24) is 4.90 Å². The van der Waals surface area contributed by atoms with E-state index in [2.05, 4.69) is 14.9 Å². The number of halogens is 1. The lowest BCUT2D eigenvalue weighted by atomic mass is 10.1. The van der Waals surface area contributed by atoms with Gasteiger partial charge in [0, 0.05) is 31.1 Å². The average Bonchev–Trinajstić information content (AvgIpc) is 2.09. The minimum absolute atomic E-state index is 0. The molecule has 1 aliphatic heterocycles. The van der Waals surface area contributed by atoms with Gasteiger partial charge in [0.2, 0.25) is 0 Å². The van der Waals surface area contributed by atoms with E-state index in [1.54, 1.807) is 0 Å². The lowest BCUT2D eigenvalue weighted by Crippen LogP contribution is -2.37. The zero-order valence-corrected chi connectivity index (χ0v) is 8.28. The molecule has 5 nitrogen and oxygen atoms in total. The highest BCUT2D eigenvalue weighted by Gasteiger charge is 2.15. The van der Waals surface area contributed by atoms with Crippen molar-refractivity contribution in [3.05, 3.63) is 10.4 Å². The number of nitrogens with zero attached hydrogens (tertiary/aromatic N) is 4. The summed E-state index contributed by atoms with van der Waals surface area (Å²) in [6.45, 7) is 3.19. The monoisotopic (exact) mass is 206 g/mol. The standard InChI is InChI=1S/C7H14N4O.ClH/c8-10-9-3-6-11-4-1-7(12)2-5-11;/h7,12H,1-6H2;1H. The van der Waals surface area contributed by atoms with E-state index in [-0.39, 0.29) is 18.5 Å². The van der Waals surface area contributed by atoms with E-state index >= 15 is 0 Å². The number of hydrogen-bond acceptors (Lipinski definition) is 3. The maximum atomic E-state index is 9.19. The Kier molecular flexibility index (Phi) is 6.72. The molecule has 0 atom stereocenters. The molecule has 0 aromatic rings. The third kappa shape index (κ3) is 4.95. The number of rotatable bonds is 3. The van der Waals surface area contributed by atoms with Crippen molar-refractivity contribution in [2.24, 2.45) is 5.11 Å². The molecule has 0 aromatic heterocycles. The van der Waals surface area contributed by atoms with Crippen molar-refractivity contribution in [3.63, 3.8) is 0 Å². The van der Waals surface area contributed by atoms with Crippen LogP contribution in [0.1, 0.15) is 12.8 Å². The average molecular weight is 207 g/mol. The smallest absolute Gasteiger partial charge is 0.0564 e. The highest BCUT2D eigenvalue weighted by Crippen LogP contribution is 2.08.